The molecule has 2 heterocycles. The number of halogens is 1. The number of nitrogens with zero attached hydrogens (tertiary/aromatic N) is 3. The maximum atomic E-state index is 12.3. The summed E-state index contributed by atoms with van der Waals surface area (Å²) < 4.78 is 0. The fourth-order valence-electron chi connectivity index (χ4n) is 2.89. The average molecular weight is 345 g/mol. The summed E-state index contributed by atoms with van der Waals surface area (Å²) in [5, 5.41) is 3.75. The lowest BCUT2D eigenvalue weighted by Gasteiger charge is -2.32. The highest BCUT2D eigenvalue weighted by Gasteiger charge is 2.22. The van der Waals surface area contributed by atoms with Crippen LogP contribution in [0.4, 0.5) is 0 Å². The van der Waals surface area contributed by atoms with E-state index in [1.165, 1.54) is 0 Å². The van der Waals surface area contributed by atoms with Crippen molar-refractivity contribution in [2.24, 2.45) is 0 Å². The van der Waals surface area contributed by atoms with E-state index in [2.05, 4.69) is 20.2 Å². The zero-order valence-electron chi connectivity index (χ0n) is 13.7. The SMILES string of the molecule is Cc1cnc(CN2CCCC(NC(=O)c3ccc(Cl)cc3)C2)nc1. The number of rotatable bonds is 4. The third kappa shape index (κ3) is 4.52. The molecule has 6 heteroatoms. The van der Waals surface area contributed by atoms with Crippen LogP contribution in [-0.4, -0.2) is 39.9 Å². The van der Waals surface area contributed by atoms with Gasteiger partial charge >= 0.3 is 0 Å². The van der Waals surface area contributed by atoms with Gasteiger partial charge < -0.3 is 5.32 Å². The Morgan fingerprint density at radius 3 is 2.71 bits per heavy atom. The Morgan fingerprint density at radius 1 is 1.29 bits per heavy atom. The van der Waals surface area contributed by atoms with Gasteiger partial charge in [-0.05, 0) is 56.1 Å². The summed E-state index contributed by atoms with van der Waals surface area (Å²) in [6.07, 6.45) is 5.72. The predicted molar refractivity (Wildman–Crippen MR) is 94.0 cm³/mol. The van der Waals surface area contributed by atoms with Gasteiger partial charge in [0.25, 0.3) is 5.91 Å². The Hall–Kier alpha value is -1.98. The predicted octanol–water partition coefficient (Wildman–Crippen LogP) is 2.83. The molecule has 1 fully saturated rings. The summed E-state index contributed by atoms with van der Waals surface area (Å²) >= 11 is 5.86. The van der Waals surface area contributed by atoms with Gasteiger partial charge in [-0.1, -0.05) is 11.6 Å². The van der Waals surface area contributed by atoms with Crippen LogP contribution in [0, 0.1) is 6.92 Å². The number of likely N-dealkylation sites (tertiary alicyclic amines) is 1. The van der Waals surface area contributed by atoms with Crippen molar-refractivity contribution in [1.82, 2.24) is 20.2 Å². The first-order valence-corrected chi connectivity index (χ1v) is 8.54. The molecule has 1 N–H and O–H groups in total. The first kappa shape index (κ1) is 16.9. The molecule has 24 heavy (non-hydrogen) atoms. The van der Waals surface area contributed by atoms with Crippen molar-refractivity contribution >= 4 is 17.5 Å². The summed E-state index contributed by atoms with van der Waals surface area (Å²) in [7, 11) is 0. The van der Waals surface area contributed by atoms with E-state index in [0.717, 1.165) is 37.3 Å². The molecule has 1 aromatic heterocycles. The van der Waals surface area contributed by atoms with Crippen molar-refractivity contribution in [3.63, 3.8) is 0 Å². The molecular formula is C18H21ClN4O. The number of nitrogens with one attached hydrogen (secondary N) is 1. The molecule has 1 atom stereocenters. The first-order chi connectivity index (χ1) is 11.6. The smallest absolute Gasteiger partial charge is 0.251 e. The van der Waals surface area contributed by atoms with Crippen molar-refractivity contribution < 1.29 is 4.79 Å². The van der Waals surface area contributed by atoms with Crippen molar-refractivity contribution in [3.05, 3.63) is 58.6 Å². The van der Waals surface area contributed by atoms with Crippen LogP contribution in [0.1, 0.15) is 34.6 Å². The van der Waals surface area contributed by atoms with Gasteiger partial charge in [-0.25, -0.2) is 9.97 Å². The second-order valence-corrected chi connectivity index (χ2v) is 6.67. The van der Waals surface area contributed by atoms with E-state index in [1.807, 2.05) is 19.3 Å². The van der Waals surface area contributed by atoms with Gasteiger partial charge in [-0.2, -0.15) is 0 Å². The molecule has 1 saturated heterocycles. The highest BCUT2D eigenvalue weighted by atomic mass is 35.5. The number of piperidine rings is 1. The molecule has 1 unspecified atom stereocenters. The average Bonchev–Trinajstić information content (AvgIpc) is 2.58. The maximum absolute atomic E-state index is 12.3. The molecule has 0 spiro atoms. The standard InChI is InChI=1S/C18H21ClN4O/c1-13-9-20-17(21-10-13)12-23-8-2-3-16(11-23)22-18(24)14-4-6-15(19)7-5-14/h4-7,9-10,16H,2-3,8,11-12H2,1H3,(H,22,24). The van der Waals surface area contributed by atoms with E-state index in [0.29, 0.717) is 17.1 Å². The van der Waals surface area contributed by atoms with Crippen LogP contribution >= 0.6 is 11.6 Å². The van der Waals surface area contributed by atoms with Gasteiger partial charge in [0.05, 0.1) is 6.54 Å². The Kier molecular flexibility index (Phi) is 5.43. The van der Waals surface area contributed by atoms with Crippen molar-refractivity contribution in [2.45, 2.75) is 32.4 Å². The van der Waals surface area contributed by atoms with Gasteiger partial charge in [-0.3, -0.25) is 9.69 Å². The second-order valence-electron chi connectivity index (χ2n) is 6.23. The lowest BCUT2D eigenvalue weighted by atomic mass is 10.0. The number of hydrogen-bond acceptors (Lipinski definition) is 4. The van der Waals surface area contributed by atoms with E-state index < -0.39 is 0 Å². The minimum Gasteiger partial charge on any atom is -0.348 e. The van der Waals surface area contributed by atoms with Crippen LogP contribution in [0.2, 0.25) is 5.02 Å². The van der Waals surface area contributed by atoms with E-state index in [-0.39, 0.29) is 11.9 Å². The third-order valence-corrected chi connectivity index (χ3v) is 4.40. The number of carbonyl (C=O) groups excluding carboxylic acids is 1. The van der Waals surface area contributed by atoms with E-state index >= 15 is 0 Å². The fraction of sp³-hybridized carbons (Fsp3) is 0.389. The van der Waals surface area contributed by atoms with Gasteiger partial charge in [0.1, 0.15) is 5.82 Å². The van der Waals surface area contributed by atoms with Crippen LogP contribution in [0.25, 0.3) is 0 Å². The van der Waals surface area contributed by atoms with Crippen LogP contribution in [0.3, 0.4) is 0 Å². The molecule has 0 bridgehead atoms. The number of aryl methyl sites for hydroxylation is 1. The van der Waals surface area contributed by atoms with Crippen molar-refractivity contribution in [2.75, 3.05) is 13.1 Å². The molecular weight excluding hydrogens is 324 g/mol. The number of hydrogen-bond donors (Lipinski definition) is 1. The molecule has 0 radical (unpaired) electrons. The molecule has 1 amide bonds. The second kappa shape index (κ2) is 7.73. The number of carbonyl (C=O) groups is 1. The van der Waals surface area contributed by atoms with E-state index in [4.69, 9.17) is 11.6 Å². The summed E-state index contributed by atoms with van der Waals surface area (Å²) in [6.45, 7) is 4.52. The zero-order valence-corrected chi connectivity index (χ0v) is 14.5. The van der Waals surface area contributed by atoms with E-state index in [1.54, 1.807) is 24.3 Å². The highest BCUT2D eigenvalue weighted by Crippen LogP contribution is 2.14. The number of aromatic nitrogens is 2. The lowest BCUT2D eigenvalue weighted by Crippen LogP contribution is -2.47. The van der Waals surface area contributed by atoms with Gasteiger partial charge in [0.2, 0.25) is 0 Å². The van der Waals surface area contributed by atoms with Crippen LogP contribution in [-0.2, 0) is 6.54 Å². The minimum absolute atomic E-state index is 0.0508. The Morgan fingerprint density at radius 2 is 2.00 bits per heavy atom. The minimum atomic E-state index is -0.0508. The third-order valence-electron chi connectivity index (χ3n) is 4.15. The molecule has 1 aromatic carbocycles. The normalized spacial score (nSPS) is 18.3. The molecule has 1 aliphatic heterocycles. The largest absolute Gasteiger partial charge is 0.348 e. The summed E-state index contributed by atoms with van der Waals surface area (Å²) in [6, 6.07) is 7.11. The van der Waals surface area contributed by atoms with Crippen molar-refractivity contribution in [1.29, 1.82) is 0 Å². The maximum Gasteiger partial charge on any atom is 0.251 e. The molecule has 3 rings (SSSR count). The summed E-state index contributed by atoms with van der Waals surface area (Å²) in [4.78, 5) is 23.3. The van der Waals surface area contributed by atoms with Crippen LogP contribution < -0.4 is 5.32 Å². The first-order valence-electron chi connectivity index (χ1n) is 8.16. The molecule has 0 saturated carbocycles. The Bertz CT molecular complexity index is 687. The van der Waals surface area contributed by atoms with E-state index in [9.17, 15) is 4.79 Å². The highest BCUT2D eigenvalue weighted by molar-refractivity contribution is 6.30. The Labute approximate surface area is 147 Å². The molecule has 1 aliphatic rings. The molecule has 2 aromatic rings. The quantitative estimate of drug-likeness (QED) is 0.926. The summed E-state index contributed by atoms with van der Waals surface area (Å²) in [5.74, 6) is 0.774. The monoisotopic (exact) mass is 344 g/mol. The fourth-order valence-corrected chi connectivity index (χ4v) is 3.01. The molecule has 126 valence electrons. The van der Waals surface area contributed by atoms with Gasteiger partial charge in [0.15, 0.2) is 0 Å². The number of benzene rings is 1. The topological polar surface area (TPSA) is 58.1 Å². The molecule has 0 aliphatic carbocycles. The lowest BCUT2D eigenvalue weighted by molar-refractivity contribution is 0.0899. The zero-order chi connectivity index (χ0) is 16.9. The van der Waals surface area contributed by atoms with Crippen molar-refractivity contribution in [3.8, 4) is 0 Å². The van der Waals surface area contributed by atoms with Gasteiger partial charge in [0, 0.05) is 35.6 Å². The number of amides is 1. The summed E-state index contributed by atoms with van der Waals surface area (Å²) in [5.41, 5.74) is 1.70. The Balaban J connectivity index is 1.56. The molecule has 5 nitrogen and oxygen atoms in total. The van der Waals surface area contributed by atoms with Gasteiger partial charge in [-0.15, -0.1) is 0 Å². The van der Waals surface area contributed by atoms with Crippen LogP contribution in [0.5, 0.6) is 0 Å². The van der Waals surface area contributed by atoms with Crippen LogP contribution in [0.15, 0.2) is 36.7 Å².